The maximum atomic E-state index is 10.5. The summed E-state index contributed by atoms with van der Waals surface area (Å²) in [5, 5.41) is 33.8. The Bertz CT molecular complexity index is 571. The van der Waals surface area contributed by atoms with E-state index < -0.39 is 6.10 Å². The quantitative estimate of drug-likeness (QED) is 0.474. The van der Waals surface area contributed by atoms with E-state index in [-0.39, 0.29) is 16.9 Å². The van der Waals surface area contributed by atoms with E-state index in [9.17, 15) is 15.4 Å². The van der Waals surface area contributed by atoms with Crippen molar-refractivity contribution < 1.29 is 15.4 Å². The molecule has 0 spiro atoms. The van der Waals surface area contributed by atoms with E-state index in [2.05, 4.69) is 19.0 Å². The second kappa shape index (κ2) is 5.06. The van der Waals surface area contributed by atoms with Gasteiger partial charge in [0.05, 0.1) is 17.9 Å². The fraction of sp³-hybridized carbons (Fsp3) is 0.842. The molecule has 4 aliphatic rings. The van der Waals surface area contributed by atoms with Gasteiger partial charge in [-0.25, -0.2) is 0 Å². The molecule has 0 radical (unpaired) electrons. The van der Waals surface area contributed by atoms with Crippen LogP contribution in [-0.2, 0) is 0 Å². The molecule has 0 saturated heterocycles. The van der Waals surface area contributed by atoms with Gasteiger partial charge in [0, 0.05) is 0 Å². The number of allylic oxidation sites excluding steroid dienone is 1. The van der Waals surface area contributed by atoms with Crippen LogP contribution in [-0.4, -0.2) is 33.3 Å². The predicted octanol–water partition coefficient (Wildman–Crippen LogP) is 3.11. The first kappa shape index (κ1) is 15.6. The molecule has 23 heavy (non-hydrogen) atoms. The lowest BCUT2D eigenvalue weighted by Gasteiger charge is -2.58. The fourth-order valence-corrected chi connectivity index (χ4v) is 6.62. The highest BCUT2D eigenvalue weighted by molar-refractivity contribution is 6.02. The predicted molar refractivity (Wildman–Crippen MR) is 88.3 cm³/mol. The van der Waals surface area contributed by atoms with E-state index in [0.29, 0.717) is 17.8 Å². The Kier molecular flexibility index (Phi) is 3.44. The molecule has 0 heterocycles. The molecular weight excluding hydrogens is 290 g/mol. The molecule has 7 atom stereocenters. The Morgan fingerprint density at radius 3 is 2.57 bits per heavy atom. The van der Waals surface area contributed by atoms with E-state index in [1.807, 2.05) is 6.08 Å². The zero-order valence-corrected chi connectivity index (χ0v) is 14.2. The van der Waals surface area contributed by atoms with Crippen molar-refractivity contribution >= 4 is 5.71 Å². The second-order valence-corrected chi connectivity index (χ2v) is 8.87. The lowest BCUT2D eigenvalue weighted by molar-refractivity contribution is -0.0638. The normalized spacial score (nSPS) is 54.2. The molecule has 0 bridgehead atoms. The van der Waals surface area contributed by atoms with Gasteiger partial charge >= 0.3 is 0 Å². The highest BCUT2D eigenvalue weighted by Crippen LogP contribution is 2.64. The number of rotatable bonds is 0. The topological polar surface area (TPSA) is 73.1 Å². The standard InChI is InChI=1S/C19H29NO3/c1-18-7-5-11(21)9-15(18)16(20-23)10-12-13-3-4-17(22)19(13,2)8-6-14(12)18/h9,11-14,17,21-23H,3-8,10H2,1-2H3/b20-16+/t11-,12?,13?,14?,17-,18?,19?/m0/s1. The smallest absolute Gasteiger partial charge is 0.0833 e. The van der Waals surface area contributed by atoms with Gasteiger partial charge in [0.2, 0.25) is 0 Å². The first-order chi connectivity index (χ1) is 10.9. The van der Waals surface area contributed by atoms with Crippen LogP contribution in [0.4, 0.5) is 0 Å². The van der Waals surface area contributed by atoms with Crippen LogP contribution in [0.25, 0.3) is 0 Å². The summed E-state index contributed by atoms with van der Waals surface area (Å²) in [5.74, 6) is 1.60. The monoisotopic (exact) mass is 319 g/mol. The Hall–Kier alpha value is -0.870. The van der Waals surface area contributed by atoms with Crippen LogP contribution in [0.15, 0.2) is 16.8 Å². The van der Waals surface area contributed by atoms with Crippen molar-refractivity contribution in [1.29, 1.82) is 0 Å². The summed E-state index contributed by atoms with van der Waals surface area (Å²) in [5.41, 5.74) is 1.91. The molecule has 4 rings (SSSR count). The van der Waals surface area contributed by atoms with Crippen LogP contribution in [0.2, 0.25) is 0 Å². The lowest BCUT2D eigenvalue weighted by atomic mass is 9.47. The van der Waals surface area contributed by atoms with Crippen LogP contribution < -0.4 is 0 Å². The summed E-state index contributed by atoms with van der Waals surface area (Å²) >= 11 is 0. The van der Waals surface area contributed by atoms with Gasteiger partial charge < -0.3 is 15.4 Å². The molecular formula is C19H29NO3. The number of hydrogen-bond donors (Lipinski definition) is 3. The molecule has 3 N–H and O–H groups in total. The highest BCUT2D eigenvalue weighted by Gasteiger charge is 2.60. The third kappa shape index (κ3) is 2.00. The van der Waals surface area contributed by atoms with E-state index in [1.54, 1.807) is 0 Å². The Balaban J connectivity index is 1.76. The average molecular weight is 319 g/mol. The first-order valence-corrected chi connectivity index (χ1v) is 9.20. The molecule has 0 aromatic rings. The molecule has 4 aliphatic carbocycles. The third-order valence-corrected chi connectivity index (χ3v) is 8.00. The molecule has 3 saturated carbocycles. The molecule has 0 aliphatic heterocycles. The van der Waals surface area contributed by atoms with Crippen LogP contribution in [0, 0.1) is 28.6 Å². The van der Waals surface area contributed by atoms with Gasteiger partial charge in [0.1, 0.15) is 0 Å². The van der Waals surface area contributed by atoms with E-state index in [1.165, 1.54) is 0 Å². The molecule has 5 unspecified atom stereocenters. The molecule has 0 amide bonds. The molecule has 0 aromatic carbocycles. The maximum Gasteiger partial charge on any atom is 0.0833 e. The van der Waals surface area contributed by atoms with Crippen molar-refractivity contribution in [3.05, 3.63) is 11.6 Å². The Morgan fingerprint density at radius 1 is 1.04 bits per heavy atom. The summed E-state index contributed by atoms with van der Waals surface area (Å²) in [6.07, 6.45) is 8.14. The Morgan fingerprint density at radius 2 is 1.83 bits per heavy atom. The Labute approximate surface area is 138 Å². The summed E-state index contributed by atoms with van der Waals surface area (Å²) < 4.78 is 0. The van der Waals surface area contributed by atoms with E-state index in [0.717, 1.165) is 56.2 Å². The summed E-state index contributed by atoms with van der Waals surface area (Å²) in [6, 6.07) is 0. The zero-order valence-electron chi connectivity index (χ0n) is 14.2. The largest absolute Gasteiger partial charge is 0.411 e. The van der Waals surface area contributed by atoms with Crippen LogP contribution in [0.3, 0.4) is 0 Å². The van der Waals surface area contributed by atoms with E-state index in [4.69, 9.17) is 0 Å². The number of aliphatic hydroxyl groups excluding tert-OH is 2. The van der Waals surface area contributed by atoms with Gasteiger partial charge in [-0.1, -0.05) is 25.1 Å². The number of oxime groups is 1. The average Bonchev–Trinajstić information content (AvgIpc) is 2.83. The van der Waals surface area contributed by atoms with Gasteiger partial charge in [-0.2, -0.15) is 0 Å². The van der Waals surface area contributed by atoms with Crippen molar-refractivity contribution in [2.75, 3.05) is 0 Å². The summed E-state index contributed by atoms with van der Waals surface area (Å²) in [4.78, 5) is 0. The van der Waals surface area contributed by atoms with Crippen molar-refractivity contribution in [2.45, 2.75) is 71.0 Å². The number of fused-ring (bicyclic) bond motifs is 5. The minimum absolute atomic E-state index is 0.0125. The van der Waals surface area contributed by atoms with Crippen LogP contribution in [0.1, 0.15) is 58.8 Å². The summed E-state index contributed by atoms with van der Waals surface area (Å²) in [6.45, 7) is 4.57. The highest BCUT2D eigenvalue weighted by atomic mass is 16.4. The molecule has 4 heteroatoms. The van der Waals surface area contributed by atoms with E-state index >= 15 is 0 Å². The number of nitrogens with zero attached hydrogens (tertiary/aromatic N) is 1. The van der Waals surface area contributed by atoms with Gasteiger partial charge in [0.15, 0.2) is 0 Å². The SMILES string of the molecule is CC12CC[C@H](O)C=C1/C(=N/O)CC1C2CCC2(C)C1CC[C@@H]2O. The number of aliphatic hydroxyl groups is 2. The van der Waals surface area contributed by atoms with Crippen molar-refractivity contribution in [2.24, 2.45) is 33.7 Å². The van der Waals surface area contributed by atoms with Gasteiger partial charge in [-0.15, -0.1) is 0 Å². The molecule has 3 fully saturated rings. The fourth-order valence-electron chi connectivity index (χ4n) is 6.62. The maximum absolute atomic E-state index is 10.5. The zero-order chi connectivity index (χ0) is 16.4. The lowest BCUT2D eigenvalue weighted by Crippen LogP contribution is -2.53. The first-order valence-electron chi connectivity index (χ1n) is 9.20. The molecule has 0 aromatic heterocycles. The second-order valence-electron chi connectivity index (χ2n) is 8.87. The van der Waals surface area contributed by atoms with Crippen molar-refractivity contribution in [1.82, 2.24) is 0 Å². The van der Waals surface area contributed by atoms with Crippen LogP contribution >= 0.6 is 0 Å². The number of hydrogen-bond acceptors (Lipinski definition) is 4. The summed E-state index contributed by atoms with van der Waals surface area (Å²) in [7, 11) is 0. The van der Waals surface area contributed by atoms with Gasteiger partial charge in [-0.05, 0) is 79.1 Å². The third-order valence-electron chi connectivity index (χ3n) is 8.00. The van der Waals surface area contributed by atoms with Crippen LogP contribution in [0.5, 0.6) is 0 Å². The van der Waals surface area contributed by atoms with Gasteiger partial charge in [-0.3, -0.25) is 0 Å². The molecule has 128 valence electrons. The van der Waals surface area contributed by atoms with Gasteiger partial charge in [0.25, 0.3) is 0 Å². The van der Waals surface area contributed by atoms with Crippen molar-refractivity contribution in [3.8, 4) is 0 Å². The molecule has 4 nitrogen and oxygen atoms in total. The minimum Gasteiger partial charge on any atom is -0.411 e. The minimum atomic E-state index is -0.409. The van der Waals surface area contributed by atoms with Crippen molar-refractivity contribution in [3.63, 3.8) is 0 Å².